The van der Waals surface area contributed by atoms with E-state index in [9.17, 15) is 0 Å². The van der Waals surface area contributed by atoms with Gasteiger partial charge in [0.1, 0.15) is 15.9 Å². The van der Waals surface area contributed by atoms with Crippen molar-refractivity contribution in [1.82, 2.24) is 9.97 Å². The van der Waals surface area contributed by atoms with Gasteiger partial charge in [0, 0.05) is 12.7 Å². The second-order valence-electron chi connectivity index (χ2n) is 4.95. The monoisotopic (exact) mass is 288 g/mol. The first-order valence-electron chi connectivity index (χ1n) is 6.40. The Kier molecular flexibility index (Phi) is 4.46. The fourth-order valence-electron chi connectivity index (χ4n) is 2.53. The second kappa shape index (κ2) is 5.72. The number of rotatable bonds is 3. The molecule has 1 heterocycles. The summed E-state index contributed by atoms with van der Waals surface area (Å²) in [6, 6.07) is 1.55. The SMILES string of the molecule is CCOC1(c2nc(Cl)cc(Cl)n2)CCC(C)CC1. The molecule has 0 radical (unpaired) electrons. The summed E-state index contributed by atoms with van der Waals surface area (Å²) in [4.78, 5) is 8.64. The minimum atomic E-state index is -0.407. The van der Waals surface area contributed by atoms with E-state index in [1.54, 1.807) is 6.07 Å². The summed E-state index contributed by atoms with van der Waals surface area (Å²) >= 11 is 11.9. The number of nitrogens with zero attached hydrogens (tertiary/aromatic N) is 2. The molecule has 1 aromatic heterocycles. The van der Waals surface area contributed by atoms with Gasteiger partial charge in [-0.3, -0.25) is 0 Å². The third kappa shape index (κ3) is 2.95. The highest BCUT2D eigenvalue weighted by atomic mass is 35.5. The van der Waals surface area contributed by atoms with Gasteiger partial charge < -0.3 is 4.74 Å². The average molecular weight is 289 g/mol. The molecule has 3 nitrogen and oxygen atoms in total. The summed E-state index contributed by atoms with van der Waals surface area (Å²) in [6.45, 7) is 4.90. The molecule has 0 amide bonds. The van der Waals surface area contributed by atoms with Gasteiger partial charge in [0.25, 0.3) is 0 Å². The Labute approximate surface area is 118 Å². The van der Waals surface area contributed by atoms with Crippen LogP contribution in [0.4, 0.5) is 0 Å². The van der Waals surface area contributed by atoms with E-state index in [0.29, 0.717) is 22.7 Å². The summed E-state index contributed by atoms with van der Waals surface area (Å²) in [5.74, 6) is 1.36. The molecule has 1 saturated carbocycles. The lowest BCUT2D eigenvalue weighted by atomic mass is 9.79. The van der Waals surface area contributed by atoms with Gasteiger partial charge in [0.15, 0.2) is 5.82 Å². The van der Waals surface area contributed by atoms with E-state index in [1.807, 2.05) is 6.92 Å². The first-order valence-corrected chi connectivity index (χ1v) is 7.16. The van der Waals surface area contributed by atoms with Crippen molar-refractivity contribution in [3.8, 4) is 0 Å². The third-order valence-corrected chi connectivity index (χ3v) is 3.96. The molecular weight excluding hydrogens is 271 g/mol. The third-order valence-electron chi connectivity index (χ3n) is 3.57. The summed E-state index contributed by atoms with van der Waals surface area (Å²) in [7, 11) is 0. The quantitative estimate of drug-likeness (QED) is 0.781. The maximum Gasteiger partial charge on any atom is 0.163 e. The molecule has 0 N–H and O–H groups in total. The zero-order chi connectivity index (χ0) is 13.2. The van der Waals surface area contributed by atoms with Crippen molar-refractivity contribution < 1.29 is 4.74 Å². The van der Waals surface area contributed by atoms with Crippen molar-refractivity contribution >= 4 is 23.2 Å². The van der Waals surface area contributed by atoms with Crippen molar-refractivity contribution in [3.05, 3.63) is 22.2 Å². The Bertz CT molecular complexity index is 397. The summed E-state index contributed by atoms with van der Waals surface area (Å²) in [6.07, 6.45) is 4.10. The van der Waals surface area contributed by atoms with Gasteiger partial charge in [0.05, 0.1) is 0 Å². The van der Waals surface area contributed by atoms with Crippen molar-refractivity contribution in [2.45, 2.75) is 45.1 Å². The summed E-state index contributed by atoms with van der Waals surface area (Å²) in [5.41, 5.74) is -0.407. The van der Waals surface area contributed by atoms with Crippen LogP contribution in [-0.2, 0) is 10.3 Å². The first-order chi connectivity index (χ1) is 8.55. The standard InChI is InChI=1S/C13H18Cl2N2O/c1-3-18-13(6-4-9(2)5-7-13)12-16-10(14)8-11(15)17-12/h8-9H,3-7H2,1-2H3. The number of aromatic nitrogens is 2. The number of hydrogen-bond donors (Lipinski definition) is 0. The molecule has 1 aliphatic carbocycles. The van der Waals surface area contributed by atoms with Crippen LogP contribution in [0.15, 0.2) is 6.07 Å². The van der Waals surface area contributed by atoms with E-state index < -0.39 is 5.60 Å². The normalized spacial score (nSPS) is 28.3. The predicted molar refractivity (Wildman–Crippen MR) is 73.0 cm³/mol. The van der Waals surface area contributed by atoms with Crippen molar-refractivity contribution in [2.75, 3.05) is 6.61 Å². The molecule has 0 aliphatic heterocycles. The van der Waals surface area contributed by atoms with Gasteiger partial charge in [0.2, 0.25) is 0 Å². The molecule has 0 saturated heterocycles. The smallest absolute Gasteiger partial charge is 0.163 e. The van der Waals surface area contributed by atoms with E-state index in [4.69, 9.17) is 27.9 Å². The zero-order valence-corrected chi connectivity index (χ0v) is 12.3. The maximum atomic E-state index is 5.97. The molecule has 0 atom stereocenters. The van der Waals surface area contributed by atoms with Gasteiger partial charge in [-0.25, -0.2) is 9.97 Å². The molecule has 100 valence electrons. The van der Waals surface area contributed by atoms with Gasteiger partial charge in [-0.1, -0.05) is 30.1 Å². The summed E-state index contributed by atoms with van der Waals surface area (Å²) in [5, 5.41) is 0.755. The molecule has 0 unspecified atom stereocenters. The topological polar surface area (TPSA) is 35.0 Å². The van der Waals surface area contributed by atoms with Gasteiger partial charge in [-0.2, -0.15) is 0 Å². The Morgan fingerprint density at radius 2 is 1.83 bits per heavy atom. The molecule has 1 aliphatic rings. The minimum Gasteiger partial charge on any atom is -0.367 e. The van der Waals surface area contributed by atoms with Crippen LogP contribution in [0.5, 0.6) is 0 Å². The van der Waals surface area contributed by atoms with E-state index in [2.05, 4.69) is 16.9 Å². The van der Waals surface area contributed by atoms with Crippen molar-refractivity contribution in [1.29, 1.82) is 0 Å². The molecule has 1 fully saturated rings. The second-order valence-corrected chi connectivity index (χ2v) is 5.72. The van der Waals surface area contributed by atoms with Crippen LogP contribution >= 0.6 is 23.2 Å². The molecule has 0 bridgehead atoms. The van der Waals surface area contributed by atoms with Gasteiger partial charge >= 0.3 is 0 Å². The largest absolute Gasteiger partial charge is 0.367 e. The molecule has 18 heavy (non-hydrogen) atoms. The number of ether oxygens (including phenoxy) is 1. The summed E-state index contributed by atoms with van der Waals surface area (Å²) < 4.78 is 5.97. The fourth-order valence-corrected chi connectivity index (χ4v) is 2.95. The van der Waals surface area contributed by atoms with Crippen LogP contribution in [-0.4, -0.2) is 16.6 Å². The van der Waals surface area contributed by atoms with Gasteiger partial charge in [-0.05, 0) is 38.5 Å². The number of halogens is 2. The lowest BCUT2D eigenvalue weighted by molar-refractivity contribution is -0.0837. The van der Waals surface area contributed by atoms with Crippen LogP contribution < -0.4 is 0 Å². The van der Waals surface area contributed by atoms with Gasteiger partial charge in [-0.15, -0.1) is 0 Å². The molecule has 0 spiro atoms. The fraction of sp³-hybridized carbons (Fsp3) is 0.692. The van der Waals surface area contributed by atoms with Crippen LogP contribution in [0.1, 0.15) is 45.4 Å². The van der Waals surface area contributed by atoms with E-state index in [0.717, 1.165) is 31.6 Å². The predicted octanol–water partition coefficient (Wildman–Crippen LogP) is 4.23. The highest BCUT2D eigenvalue weighted by Crippen LogP contribution is 2.41. The van der Waals surface area contributed by atoms with E-state index in [-0.39, 0.29) is 0 Å². The lowest BCUT2D eigenvalue weighted by Gasteiger charge is -2.37. The molecule has 5 heteroatoms. The Morgan fingerprint density at radius 1 is 1.28 bits per heavy atom. The van der Waals surface area contributed by atoms with Crippen LogP contribution in [0.3, 0.4) is 0 Å². The van der Waals surface area contributed by atoms with Crippen LogP contribution in [0, 0.1) is 5.92 Å². The van der Waals surface area contributed by atoms with Crippen LogP contribution in [0.2, 0.25) is 10.3 Å². The Morgan fingerprint density at radius 3 is 2.33 bits per heavy atom. The average Bonchev–Trinajstić information content (AvgIpc) is 2.31. The molecular formula is C13H18Cl2N2O. The Balaban J connectivity index is 2.34. The minimum absolute atomic E-state index is 0.378. The molecule has 2 rings (SSSR count). The van der Waals surface area contributed by atoms with Crippen LogP contribution in [0.25, 0.3) is 0 Å². The van der Waals surface area contributed by atoms with E-state index >= 15 is 0 Å². The number of hydrogen-bond acceptors (Lipinski definition) is 3. The highest BCUT2D eigenvalue weighted by Gasteiger charge is 2.39. The zero-order valence-electron chi connectivity index (χ0n) is 10.7. The van der Waals surface area contributed by atoms with Crippen molar-refractivity contribution in [2.24, 2.45) is 5.92 Å². The van der Waals surface area contributed by atoms with E-state index in [1.165, 1.54) is 0 Å². The highest BCUT2D eigenvalue weighted by molar-refractivity contribution is 6.33. The first kappa shape index (κ1) is 14.0. The maximum absolute atomic E-state index is 5.97. The van der Waals surface area contributed by atoms with Crippen molar-refractivity contribution in [3.63, 3.8) is 0 Å². The molecule has 1 aromatic rings. The lowest BCUT2D eigenvalue weighted by Crippen LogP contribution is -2.36. The molecule has 0 aromatic carbocycles. The Hall–Kier alpha value is -0.380.